The summed E-state index contributed by atoms with van der Waals surface area (Å²) in [4.78, 5) is 0. The summed E-state index contributed by atoms with van der Waals surface area (Å²) >= 11 is 0. The number of benzene rings is 1. The normalized spacial score (nSPS) is 24.4. The number of hydrogen-bond acceptors (Lipinski definition) is 4. The van der Waals surface area contributed by atoms with Crippen molar-refractivity contribution >= 4 is 0 Å². The topological polar surface area (TPSA) is 56.5 Å². The number of hydrogen-bond donors (Lipinski definition) is 2. The molecule has 0 saturated carbocycles. The molecule has 1 saturated heterocycles. The lowest BCUT2D eigenvalue weighted by atomic mass is 9.82. The van der Waals surface area contributed by atoms with Crippen LogP contribution < -0.4 is 16.0 Å². The van der Waals surface area contributed by atoms with E-state index in [9.17, 15) is 0 Å². The second-order valence-electron chi connectivity index (χ2n) is 5.92. The number of methoxy groups -OCH3 is 1. The van der Waals surface area contributed by atoms with Gasteiger partial charge in [-0.3, -0.25) is 5.84 Å². The molecule has 2 unspecified atom stereocenters. The van der Waals surface area contributed by atoms with Crippen LogP contribution >= 0.6 is 0 Å². The quantitative estimate of drug-likeness (QED) is 0.657. The van der Waals surface area contributed by atoms with Gasteiger partial charge in [-0.15, -0.1) is 0 Å². The van der Waals surface area contributed by atoms with E-state index >= 15 is 0 Å². The second kappa shape index (κ2) is 6.12. The Balaban J connectivity index is 2.46. The van der Waals surface area contributed by atoms with Gasteiger partial charge in [0.2, 0.25) is 0 Å². The average Bonchev–Trinajstić information content (AvgIpc) is 2.42. The molecule has 20 heavy (non-hydrogen) atoms. The van der Waals surface area contributed by atoms with Crippen LogP contribution in [0.5, 0.6) is 5.75 Å². The molecular weight excluding hydrogens is 252 g/mol. The fourth-order valence-electron chi connectivity index (χ4n) is 3.23. The van der Waals surface area contributed by atoms with Crippen LogP contribution in [0.4, 0.5) is 0 Å². The van der Waals surface area contributed by atoms with E-state index in [0.29, 0.717) is 0 Å². The maximum atomic E-state index is 6.06. The van der Waals surface area contributed by atoms with Crippen LogP contribution in [0.2, 0.25) is 0 Å². The van der Waals surface area contributed by atoms with E-state index in [1.165, 1.54) is 17.5 Å². The highest BCUT2D eigenvalue weighted by Gasteiger charge is 2.39. The Labute approximate surface area is 121 Å². The van der Waals surface area contributed by atoms with Gasteiger partial charge in [-0.1, -0.05) is 6.07 Å². The third-order valence-electron chi connectivity index (χ3n) is 4.28. The summed E-state index contributed by atoms with van der Waals surface area (Å²) in [6, 6.07) is 4.14. The molecule has 2 rings (SSSR count). The van der Waals surface area contributed by atoms with E-state index in [1.807, 2.05) is 0 Å². The van der Waals surface area contributed by atoms with Crippen molar-refractivity contribution in [3.05, 3.63) is 28.8 Å². The number of nitrogens with two attached hydrogens (primary N) is 1. The van der Waals surface area contributed by atoms with Crippen molar-refractivity contribution in [1.29, 1.82) is 0 Å². The van der Waals surface area contributed by atoms with Crippen molar-refractivity contribution in [3.63, 3.8) is 0 Å². The number of hydrazine groups is 1. The smallest absolute Gasteiger partial charge is 0.124 e. The minimum atomic E-state index is -0.291. The van der Waals surface area contributed by atoms with Gasteiger partial charge in [0.1, 0.15) is 5.75 Å². The third-order valence-corrected chi connectivity index (χ3v) is 4.28. The van der Waals surface area contributed by atoms with E-state index in [4.69, 9.17) is 15.3 Å². The van der Waals surface area contributed by atoms with E-state index < -0.39 is 0 Å². The van der Waals surface area contributed by atoms with Gasteiger partial charge in [0.15, 0.2) is 0 Å². The zero-order valence-electron chi connectivity index (χ0n) is 13.0. The lowest BCUT2D eigenvalue weighted by Crippen LogP contribution is -2.48. The lowest BCUT2D eigenvalue weighted by Gasteiger charge is -2.41. The Morgan fingerprint density at radius 1 is 1.35 bits per heavy atom. The molecule has 1 aliphatic heterocycles. The number of rotatable bonds is 4. The van der Waals surface area contributed by atoms with Gasteiger partial charge in [-0.05, 0) is 57.2 Å². The molecule has 1 aliphatic rings. The van der Waals surface area contributed by atoms with Crippen LogP contribution in [0.15, 0.2) is 12.1 Å². The first-order valence-electron chi connectivity index (χ1n) is 7.27. The summed E-state index contributed by atoms with van der Waals surface area (Å²) < 4.78 is 11.6. The summed E-state index contributed by atoms with van der Waals surface area (Å²) in [6.45, 7) is 7.10. The molecule has 0 bridgehead atoms. The highest BCUT2D eigenvalue weighted by molar-refractivity contribution is 5.46. The van der Waals surface area contributed by atoms with Crippen molar-refractivity contribution in [2.75, 3.05) is 13.7 Å². The van der Waals surface area contributed by atoms with Crippen molar-refractivity contribution < 1.29 is 9.47 Å². The average molecular weight is 278 g/mol. The van der Waals surface area contributed by atoms with Crippen molar-refractivity contribution in [2.24, 2.45) is 5.84 Å². The zero-order valence-corrected chi connectivity index (χ0v) is 13.0. The molecule has 1 fully saturated rings. The Morgan fingerprint density at radius 2 is 2.10 bits per heavy atom. The maximum Gasteiger partial charge on any atom is 0.124 e. The highest BCUT2D eigenvalue weighted by atomic mass is 16.5. The number of ether oxygens (including phenoxy) is 2. The van der Waals surface area contributed by atoms with E-state index in [2.05, 4.69) is 38.3 Å². The standard InChI is InChI=1S/C16H26N2O2/c1-11-9-12(2)14(13(10-11)19-4)15(18-17)16(3)7-5-6-8-20-16/h9-10,15,18H,5-8,17H2,1-4H3. The first-order chi connectivity index (χ1) is 9.51. The molecule has 1 heterocycles. The molecule has 1 aromatic rings. The molecule has 0 aliphatic carbocycles. The molecule has 3 N–H and O–H groups in total. The third kappa shape index (κ3) is 2.82. The number of nitrogens with one attached hydrogen (secondary N) is 1. The fraction of sp³-hybridized carbons (Fsp3) is 0.625. The zero-order chi connectivity index (χ0) is 14.8. The molecule has 4 nitrogen and oxygen atoms in total. The van der Waals surface area contributed by atoms with Crippen LogP contribution in [0.25, 0.3) is 0 Å². The Kier molecular flexibility index (Phi) is 4.68. The van der Waals surface area contributed by atoms with Gasteiger partial charge in [0, 0.05) is 12.2 Å². The van der Waals surface area contributed by atoms with Crippen LogP contribution in [-0.4, -0.2) is 19.3 Å². The first kappa shape index (κ1) is 15.3. The molecule has 4 heteroatoms. The molecule has 1 aromatic carbocycles. The fourth-order valence-corrected chi connectivity index (χ4v) is 3.23. The van der Waals surface area contributed by atoms with Crippen molar-refractivity contribution in [3.8, 4) is 5.75 Å². The predicted octanol–water partition coefficient (Wildman–Crippen LogP) is 2.78. The minimum absolute atomic E-state index is 0.0710. The second-order valence-corrected chi connectivity index (χ2v) is 5.92. The van der Waals surface area contributed by atoms with Crippen molar-refractivity contribution in [2.45, 2.75) is 51.7 Å². The van der Waals surface area contributed by atoms with Crippen LogP contribution in [0.1, 0.15) is 48.9 Å². The molecular formula is C16H26N2O2. The van der Waals surface area contributed by atoms with E-state index in [1.54, 1.807) is 7.11 Å². The summed E-state index contributed by atoms with van der Waals surface area (Å²) in [6.07, 6.45) is 3.29. The van der Waals surface area contributed by atoms with Gasteiger partial charge in [0.05, 0.1) is 18.8 Å². The Morgan fingerprint density at radius 3 is 2.65 bits per heavy atom. The summed E-state index contributed by atoms with van der Waals surface area (Å²) in [5.74, 6) is 6.74. The molecule has 2 atom stereocenters. The molecule has 0 radical (unpaired) electrons. The summed E-state index contributed by atoms with van der Waals surface area (Å²) in [7, 11) is 1.70. The van der Waals surface area contributed by atoms with Gasteiger partial charge in [0.25, 0.3) is 0 Å². The molecule has 0 spiro atoms. The first-order valence-corrected chi connectivity index (χ1v) is 7.27. The summed E-state index contributed by atoms with van der Waals surface area (Å²) in [5.41, 5.74) is 6.14. The largest absolute Gasteiger partial charge is 0.496 e. The summed E-state index contributed by atoms with van der Waals surface area (Å²) in [5, 5.41) is 0. The minimum Gasteiger partial charge on any atom is -0.496 e. The Bertz CT molecular complexity index is 468. The van der Waals surface area contributed by atoms with Gasteiger partial charge < -0.3 is 9.47 Å². The number of aryl methyl sites for hydroxylation is 2. The predicted molar refractivity (Wildman–Crippen MR) is 80.7 cm³/mol. The maximum absolute atomic E-state index is 6.06. The van der Waals surface area contributed by atoms with Gasteiger partial charge in [-0.2, -0.15) is 0 Å². The van der Waals surface area contributed by atoms with E-state index in [-0.39, 0.29) is 11.6 Å². The van der Waals surface area contributed by atoms with Crippen LogP contribution in [0, 0.1) is 13.8 Å². The Hall–Kier alpha value is -1.10. The van der Waals surface area contributed by atoms with Gasteiger partial charge >= 0.3 is 0 Å². The van der Waals surface area contributed by atoms with Crippen LogP contribution in [0.3, 0.4) is 0 Å². The lowest BCUT2D eigenvalue weighted by molar-refractivity contribution is -0.0903. The monoisotopic (exact) mass is 278 g/mol. The van der Waals surface area contributed by atoms with Gasteiger partial charge in [-0.25, -0.2) is 5.43 Å². The van der Waals surface area contributed by atoms with Crippen molar-refractivity contribution in [1.82, 2.24) is 5.43 Å². The molecule has 0 aromatic heterocycles. The SMILES string of the molecule is COc1cc(C)cc(C)c1C(NN)C1(C)CCCCO1. The molecule has 112 valence electrons. The molecule has 0 amide bonds. The highest BCUT2D eigenvalue weighted by Crippen LogP contribution is 2.41. The van der Waals surface area contributed by atoms with E-state index in [0.717, 1.165) is 30.8 Å². The van der Waals surface area contributed by atoms with Crippen LogP contribution in [-0.2, 0) is 4.74 Å².